The molecule has 0 aromatic carbocycles. The Balaban J connectivity index is 0.000000218. The van der Waals surface area contributed by atoms with E-state index in [1.54, 1.807) is 0 Å². The van der Waals surface area contributed by atoms with E-state index in [9.17, 15) is 0 Å². The van der Waals surface area contributed by atoms with Crippen molar-refractivity contribution in [1.29, 1.82) is 0 Å². The van der Waals surface area contributed by atoms with E-state index in [0.717, 1.165) is 6.42 Å². The van der Waals surface area contributed by atoms with Gasteiger partial charge in [0.2, 0.25) is 0 Å². The zero-order valence-corrected chi connectivity index (χ0v) is 18.5. The molecule has 3 heterocycles. The average Bonchev–Trinajstić information content (AvgIpc) is 3.10. The molecule has 2 atom stereocenters. The molecule has 3 aliphatic rings. The van der Waals surface area contributed by atoms with Gasteiger partial charge in [-0.3, -0.25) is 0 Å². The van der Waals surface area contributed by atoms with Crippen molar-refractivity contribution in [1.82, 2.24) is 0 Å². The number of hydrogen-bond acceptors (Lipinski definition) is 9. The Hall–Kier alpha value is -0.165. The van der Waals surface area contributed by atoms with Crippen molar-refractivity contribution in [2.75, 3.05) is 26.4 Å². The lowest BCUT2D eigenvalue weighted by Gasteiger charge is -2.27. The SMILES string of the molecule is CC(C)C1CCOB(O)O1.CC(C)C1COB(O)O1.CC(C)C1COB(O)OC1. The van der Waals surface area contributed by atoms with Crippen molar-refractivity contribution in [3.05, 3.63) is 0 Å². The molecule has 2 unspecified atom stereocenters. The van der Waals surface area contributed by atoms with E-state index in [1.165, 1.54) is 0 Å². The molecule has 12 heteroatoms. The Morgan fingerprint density at radius 1 is 0.621 bits per heavy atom. The predicted octanol–water partition coefficient (Wildman–Crippen LogP) is 0.743. The first-order valence-corrected chi connectivity index (χ1v) is 10.4. The fourth-order valence-electron chi connectivity index (χ4n) is 2.68. The molecule has 0 saturated carbocycles. The lowest BCUT2D eigenvalue weighted by Crippen LogP contribution is -2.38. The third kappa shape index (κ3) is 11.1. The summed E-state index contributed by atoms with van der Waals surface area (Å²) in [6.45, 7) is 14.8. The monoisotopic (exact) mass is 418 g/mol. The van der Waals surface area contributed by atoms with Crippen LogP contribution in [0.5, 0.6) is 0 Å². The van der Waals surface area contributed by atoms with Crippen molar-refractivity contribution in [2.45, 2.75) is 60.2 Å². The van der Waals surface area contributed by atoms with E-state index < -0.39 is 22.0 Å². The minimum atomic E-state index is -0.999. The Morgan fingerprint density at radius 2 is 1.10 bits per heavy atom. The molecule has 0 bridgehead atoms. The maximum Gasteiger partial charge on any atom is 0.637 e. The summed E-state index contributed by atoms with van der Waals surface area (Å²) in [5.41, 5.74) is 0. The summed E-state index contributed by atoms with van der Waals surface area (Å²) in [6.07, 6.45) is 1.11. The summed E-state index contributed by atoms with van der Waals surface area (Å²) in [5, 5.41) is 26.4. The Labute approximate surface area is 175 Å². The fourth-order valence-corrected chi connectivity index (χ4v) is 2.68. The molecule has 3 saturated heterocycles. The highest BCUT2D eigenvalue weighted by atomic mass is 16.7. The summed E-state index contributed by atoms with van der Waals surface area (Å²) < 4.78 is 29.4. The average molecular weight is 418 g/mol. The van der Waals surface area contributed by atoms with E-state index in [0.29, 0.717) is 50.1 Å². The van der Waals surface area contributed by atoms with Gasteiger partial charge in [0.05, 0.1) is 12.7 Å². The molecule has 0 aromatic rings. The van der Waals surface area contributed by atoms with Gasteiger partial charge < -0.3 is 43.0 Å². The first kappa shape index (κ1) is 26.9. The van der Waals surface area contributed by atoms with Crippen LogP contribution in [-0.2, 0) is 27.9 Å². The number of rotatable bonds is 3. The Kier molecular flexibility index (Phi) is 13.0. The van der Waals surface area contributed by atoms with E-state index in [4.69, 9.17) is 43.0 Å². The van der Waals surface area contributed by atoms with Crippen molar-refractivity contribution >= 4 is 22.0 Å². The van der Waals surface area contributed by atoms with E-state index >= 15 is 0 Å². The van der Waals surface area contributed by atoms with Crippen LogP contribution in [0.3, 0.4) is 0 Å². The van der Waals surface area contributed by atoms with Gasteiger partial charge in [0.15, 0.2) is 0 Å². The van der Waals surface area contributed by atoms with Crippen LogP contribution in [0.4, 0.5) is 0 Å². The third-order valence-electron chi connectivity index (χ3n) is 4.98. The van der Waals surface area contributed by atoms with Gasteiger partial charge in [0, 0.05) is 31.8 Å². The van der Waals surface area contributed by atoms with Crippen molar-refractivity contribution in [3.63, 3.8) is 0 Å². The normalized spacial score (nSPS) is 25.9. The van der Waals surface area contributed by atoms with Gasteiger partial charge in [-0.2, -0.15) is 0 Å². The standard InChI is InChI=1S/2C6H13BO3.C5H11BO3/c1-5(2)6-3-9-7(8)10-4-6;1-5(2)6-3-4-9-7(8)10-6;1-4(2)5-3-8-6(7)9-5/h2*5-6,8H,3-4H2,1-2H3;4-5,7H,3H2,1-2H3. The van der Waals surface area contributed by atoms with E-state index in [-0.39, 0.29) is 12.2 Å². The summed E-state index contributed by atoms with van der Waals surface area (Å²) in [6, 6.07) is 0. The molecule has 9 nitrogen and oxygen atoms in total. The lowest BCUT2D eigenvalue weighted by atomic mass is 9.95. The van der Waals surface area contributed by atoms with Gasteiger partial charge in [0.1, 0.15) is 0 Å². The van der Waals surface area contributed by atoms with Gasteiger partial charge in [-0.1, -0.05) is 41.5 Å². The van der Waals surface area contributed by atoms with Crippen LogP contribution in [0.2, 0.25) is 0 Å². The van der Waals surface area contributed by atoms with Crippen molar-refractivity contribution < 1.29 is 43.0 Å². The van der Waals surface area contributed by atoms with E-state index in [2.05, 4.69) is 27.7 Å². The predicted molar refractivity (Wildman–Crippen MR) is 110 cm³/mol. The molecule has 0 aromatic heterocycles. The highest BCUT2D eigenvalue weighted by Gasteiger charge is 2.32. The Bertz CT molecular complexity index is 423. The van der Waals surface area contributed by atoms with Gasteiger partial charge in [-0.15, -0.1) is 0 Å². The quantitative estimate of drug-likeness (QED) is 0.571. The minimum Gasteiger partial charge on any atom is -0.402 e. The highest BCUT2D eigenvalue weighted by Crippen LogP contribution is 2.17. The second-order valence-electron chi connectivity index (χ2n) is 8.42. The zero-order valence-electron chi connectivity index (χ0n) is 18.5. The first-order valence-electron chi connectivity index (χ1n) is 10.4. The van der Waals surface area contributed by atoms with Crippen LogP contribution < -0.4 is 0 Å². The summed E-state index contributed by atoms with van der Waals surface area (Å²) >= 11 is 0. The Morgan fingerprint density at radius 3 is 1.45 bits per heavy atom. The van der Waals surface area contributed by atoms with Crippen molar-refractivity contribution in [2.24, 2.45) is 23.7 Å². The molecule has 3 N–H and O–H groups in total. The zero-order chi connectivity index (χ0) is 22.0. The summed E-state index contributed by atoms with van der Waals surface area (Å²) in [5.74, 6) is 1.87. The van der Waals surface area contributed by atoms with Crippen LogP contribution in [0.1, 0.15) is 48.0 Å². The second-order valence-corrected chi connectivity index (χ2v) is 8.42. The smallest absolute Gasteiger partial charge is 0.402 e. The van der Waals surface area contributed by atoms with E-state index in [1.807, 2.05) is 13.8 Å². The topological polar surface area (TPSA) is 116 Å². The lowest BCUT2D eigenvalue weighted by molar-refractivity contribution is 0.00531. The van der Waals surface area contributed by atoms with Gasteiger partial charge in [0.25, 0.3) is 0 Å². The summed E-state index contributed by atoms with van der Waals surface area (Å²) in [4.78, 5) is 0. The van der Waals surface area contributed by atoms with Gasteiger partial charge >= 0.3 is 22.0 Å². The number of hydrogen-bond donors (Lipinski definition) is 3. The van der Waals surface area contributed by atoms with Crippen LogP contribution in [0.25, 0.3) is 0 Å². The second kappa shape index (κ2) is 14.0. The van der Waals surface area contributed by atoms with Crippen LogP contribution in [-0.4, -0.2) is 75.7 Å². The molecular weight excluding hydrogens is 381 g/mol. The molecule has 0 spiro atoms. The molecule has 29 heavy (non-hydrogen) atoms. The molecule has 3 rings (SSSR count). The van der Waals surface area contributed by atoms with Crippen molar-refractivity contribution in [3.8, 4) is 0 Å². The van der Waals surface area contributed by atoms with Crippen LogP contribution in [0, 0.1) is 23.7 Å². The molecule has 0 radical (unpaired) electrons. The molecule has 168 valence electrons. The third-order valence-corrected chi connectivity index (χ3v) is 4.98. The van der Waals surface area contributed by atoms with Crippen LogP contribution >= 0.6 is 0 Å². The molecule has 3 fully saturated rings. The molecule has 0 aliphatic carbocycles. The van der Waals surface area contributed by atoms with Gasteiger partial charge in [-0.25, -0.2) is 0 Å². The van der Waals surface area contributed by atoms with Crippen LogP contribution in [0.15, 0.2) is 0 Å². The maximum atomic E-state index is 8.88. The highest BCUT2D eigenvalue weighted by molar-refractivity contribution is 6.35. The minimum absolute atomic E-state index is 0.0694. The first-order chi connectivity index (χ1) is 13.6. The molecule has 0 amide bonds. The maximum absolute atomic E-state index is 8.88. The fraction of sp³-hybridized carbons (Fsp3) is 1.00. The summed E-state index contributed by atoms with van der Waals surface area (Å²) in [7, 11) is -2.98. The largest absolute Gasteiger partial charge is 0.637 e. The molecule has 3 aliphatic heterocycles. The van der Waals surface area contributed by atoms with Gasteiger partial charge in [-0.05, 0) is 24.2 Å². The molecular formula is C17H37B3O9.